The first-order chi connectivity index (χ1) is 7.60. The molecule has 2 aromatic carbocycles. The van der Waals surface area contributed by atoms with E-state index >= 15 is 0 Å². The van der Waals surface area contributed by atoms with Crippen molar-refractivity contribution in [1.29, 1.82) is 0 Å². The summed E-state index contributed by atoms with van der Waals surface area (Å²) in [5, 5.41) is 0. The van der Waals surface area contributed by atoms with E-state index in [9.17, 15) is 4.39 Å². The molecular formula is C15H13F. The fourth-order valence-electron chi connectivity index (χ4n) is 2.55. The van der Waals surface area contributed by atoms with E-state index in [1.165, 1.54) is 0 Å². The Kier molecular flexibility index (Phi) is 1.76. The van der Waals surface area contributed by atoms with Crippen LogP contribution in [-0.4, -0.2) is 0 Å². The van der Waals surface area contributed by atoms with Gasteiger partial charge in [-0.05, 0) is 25.0 Å². The van der Waals surface area contributed by atoms with E-state index < -0.39 is 5.67 Å². The average molecular weight is 212 g/mol. The van der Waals surface area contributed by atoms with Gasteiger partial charge in [0, 0.05) is 11.1 Å². The quantitative estimate of drug-likeness (QED) is 0.613. The normalized spacial score (nSPS) is 21.7. The minimum absolute atomic E-state index is 0.788. The second kappa shape index (κ2) is 2.94. The molecule has 3 rings (SSSR count). The minimum atomic E-state index is -1.35. The lowest BCUT2D eigenvalue weighted by Gasteiger charge is -2.16. The molecule has 0 bridgehead atoms. The summed E-state index contributed by atoms with van der Waals surface area (Å²) in [4.78, 5) is 0. The highest BCUT2D eigenvalue weighted by molar-refractivity contribution is 5.80. The van der Waals surface area contributed by atoms with E-state index in [4.69, 9.17) is 0 Å². The van der Waals surface area contributed by atoms with Crippen molar-refractivity contribution in [3.63, 3.8) is 0 Å². The van der Waals surface area contributed by atoms with E-state index in [0.717, 1.165) is 27.8 Å². The predicted octanol–water partition coefficient (Wildman–Crippen LogP) is 4.21. The Morgan fingerprint density at radius 1 is 0.938 bits per heavy atom. The molecule has 0 amide bonds. The van der Waals surface area contributed by atoms with E-state index in [2.05, 4.69) is 0 Å². The predicted molar refractivity (Wildman–Crippen MR) is 64.2 cm³/mol. The highest BCUT2D eigenvalue weighted by atomic mass is 19.1. The van der Waals surface area contributed by atoms with Crippen molar-refractivity contribution in [2.75, 3.05) is 0 Å². The summed E-state index contributed by atoms with van der Waals surface area (Å²) in [7, 11) is 0. The second-order valence-electron chi connectivity index (χ2n) is 4.60. The molecule has 1 unspecified atom stereocenters. The van der Waals surface area contributed by atoms with Crippen LogP contribution < -0.4 is 0 Å². The summed E-state index contributed by atoms with van der Waals surface area (Å²) >= 11 is 0. The number of aryl methyl sites for hydroxylation is 1. The van der Waals surface area contributed by atoms with Crippen LogP contribution in [0.4, 0.5) is 4.39 Å². The van der Waals surface area contributed by atoms with Crippen molar-refractivity contribution in [3.8, 4) is 11.1 Å². The van der Waals surface area contributed by atoms with Gasteiger partial charge in [-0.25, -0.2) is 4.39 Å². The number of alkyl halides is 1. The third-order valence-electron chi connectivity index (χ3n) is 3.40. The molecule has 0 saturated heterocycles. The van der Waals surface area contributed by atoms with Crippen LogP contribution in [0.2, 0.25) is 0 Å². The molecule has 80 valence electrons. The van der Waals surface area contributed by atoms with Crippen molar-refractivity contribution in [3.05, 3.63) is 59.2 Å². The summed E-state index contributed by atoms with van der Waals surface area (Å²) in [6.45, 7) is 3.65. The van der Waals surface area contributed by atoms with Crippen molar-refractivity contribution < 1.29 is 4.39 Å². The highest BCUT2D eigenvalue weighted by Gasteiger charge is 2.39. The van der Waals surface area contributed by atoms with Gasteiger partial charge in [0.25, 0.3) is 0 Å². The van der Waals surface area contributed by atoms with Crippen LogP contribution in [0.15, 0.2) is 42.5 Å². The standard InChI is InChI=1S/C15H13F/c1-10-7-8-12-11-5-3-4-6-13(11)15(2,16)14(12)9-10/h3-9H,1-2H3. The fourth-order valence-corrected chi connectivity index (χ4v) is 2.55. The molecule has 0 spiro atoms. The highest BCUT2D eigenvalue weighted by Crippen LogP contribution is 2.49. The first-order valence-electron chi connectivity index (χ1n) is 5.50. The molecule has 0 saturated carbocycles. The zero-order valence-electron chi connectivity index (χ0n) is 9.42. The monoisotopic (exact) mass is 212 g/mol. The van der Waals surface area contributed by atoms with Gasteiger partial charge in [0.1, 0.15) is 0 Å². The molecule has 0 fully saturated rings. The molecular weight excluding hydrogens is 199 g/mol. The zero-order valence-corrected chi connectivity index (χ0v) is 9.42. The Labute approximate surface area is 94.7 Å². The summed E-state index contributed by atoms with van der Waals surface area (Å²) < 4.78 is 14.8. The van der Waals surface area contributed by atoms with Gasteiger partial charge < -0.3 is 0 Å². The maximum absolute atomic E-state index is 14.8. The van der Waals surface area contributed by atoms with E-state index in [1.54, 1.807) is 6.92 Å². The number of halogens is 1. The number of fused-ring (bicyclic) bond motifs is 3. The molecule has 1 atom stereocenters. The fraction of sp³-hybridized carbons (Fsp3) is 0.200. The van der Waals surface area contributed by atoms with Crippen LogP contribution >= 0.6 is 0 Å². The maximum Gasteiger partial charge on any atom is 0.159 e. The Morgan fingerprint density at radius 3 is 2.44 bits per heavy atom. The lowest BCUT2D eigenvalue weighted by Crippen LogP contribution is -2.12. The van der Waals surface area contributed by atoms with Gasteiger partial charge in [0.15, 0.2) is 5.67 Å². The Hall–Kier alpha value is -1.63. The molecule has 0 radical (unpaired) electrons. The van der Waals surface area contributed by atoms with Crippen molar-refractivity contribution in [2.45, 2.75) is 19.5 Å². The van der Waals surface area contributed by atoms with Crippen molar-refractivity contribution in [2.24, 2.45) is 0 Å². The van der Waals surface area contributed by atoms with Crippen LogP contribution in [0.3, 0.4) is 0 Å². The summed E-state index contributed by atoms with van der Waals surface area (Å²) in [5.41, 5.74) is 3.41. The molecule has 0 N–H and O–H groups in total. The van der Waals surface area contributed by atoms with Crippen molar-refractivity contribution in [1.82, 2.24) is 0 Å². The van der Waals surface area contributed by atoms with Crippen molar-refractivity contribution >= 4 is 0 Å². The first-order valence-corrected chi connectivity index (χ1v) is 5.50. The largest absolute Gasteiger partial charge is 0.234 e. The van der Waals surface area contributed by atoms with Gasteiger partial charge in [-0.1, -0.05) is 48.0 Å². The Morgan fingerprint density at radius 2 is 1.62 bits per heavy atom. The average Bonchev–Trinajstić information content (AvgIpc) is 2.49. The van der Waals surface area contributed by atoms with Crippen LogP contribution in [0, 0.1) is 6.92 Å². The van der Waals surface area contributed by atoms with Gasteiger partial charge in [-0.15, -0.1) is 0 Å². The third-order valence-corrected chi connectivity index (χ3v) is 3.40. The van der Waals surface area contributed by atoms with E-state index in [0.29, 0.717) is 0 Å². The molecule has 16 heavy (non-hydrogen) atoms. The van der Waals surface area contributed by atoms with Gasteiger partial charge >= 0.3 is 0 Å². The van der Waals surface area contributed by atoms with Gasteiger partial charge in [-0.2, -0.15) is 0 Å². The topological polar surface area (TPSA) is 0 Å². The van der Waals surface area contributed by atoms with E-state index in [-0.39, 0.29) is 0 Å². The number of benzene rings is 2. The lowest BCUT2D eigenvalue weighted by molar-refractivity contribution is 0.258. The lowest BCUT2D eigenvalue weighted by atomic mass is 9.95. The second-order valence-corrected chi connectivity index (χ2v) is 4.60. The summed E-state index contributed by atoms with van der Waals surface area (Å²) in [6, 6.07) is 13.7. The van der Waals surface area contributed by atoms with Gasteiger partial charge in [0.05, 0.1) is 0 Å². The molecule has 1 aliphatic carbocycles. The van der Waals surface area contributed by atoms with Crippen LogP contribution in [0.5, 0.6) is 0 Å². The summed E-state index contributed by atoms with van der Waals surface area (Å²) in [5.74, 6) is 0. The Bertz CT molecular complexity index is 567. The number of rotatable bonds is 0. The van der Waals surface area contributed by atoms with E-state index in [1.807, 2.05) is 49.4 Å². The SMILES string of the molecule is Cc1ccc2c(c1)C(C)(F)c1ccccc1-2. The number of hydrogen-bond acceptors (Lipinski definition) is 0. The van der Waals surface area contributed by atoms with Crippen LogP contribution in [-0.2, 0) is 5.67 Å². The number of hydrogen-bond donors (Lipinski definition) is 0. The zero-order chi connectivity index (χ0) is 11.3. The molecule has 2 aromatic rings. The first kappa shape index (κ1) is 9.59. The summed E-state index contributed by atoms with van der Waals surface area (Å²) in [6.07, 6.45) is 0. The molecule has 0 heterocycles. The van der Waals surface area contributed by atoms with Crippen LogP contribution in [0.1, 0.15) is 23.6 Å². The minimum Gasteiger partial charge on any atom is -0.234 e. The van der Waals surface area contributed by atoms with Gasteiger partial charge in [0.2, 0.25) is 0 Å². The van der Waals surface area contributed by atoms with Gasteiger partial charge in [-0.3, -0.25) is 0 Å². The third kappa shape index (κ3) is 1.09. The maximum atomic E-state index is 14.8. The molecule has 0 aromatic heterocycles. The molecule has 1 heteroatoms. The molecule has 0 nitrogen and oxygen atoms in total. The Balaban J connectivity index is 2.39. The molecule has 0 aliphatic heterocycles. The smallest absolute Gasteiger partial charge is 0.159 e. The van der Waals surface area contributed by atoms with Crippen LogP contribution in [0.25, 0.3) is 11.1 Å². The molecule has 1 aliphatic rings.